The normalized spacial score (nSPS) is 17.1. The van der Waals surface area contributed by atoms with Crippen LogP contribution in [0.1, 0.15) is 0 Å². The Kier molecular flexibility index (Phi) is 7.99. The van der Waals surface area contributed by atoms with E-state index in [1.165, 1.54) is 5.06 Å². The molecule has 1 saturated heterocycles. The standard InChI is InChI=1S/C8H12N2O4.Ca.2H/c11-7(12)1-2-8(13)14-10-5-3-9-4-6-10;;;/h1-2,9H,3-6H2,(H,11,12);;;/b2-1-;;;. The number of carboxylic acids is 1. The Hall–Kier alpha value is -0.140. The summed E-state index contributed by atoms with van der Waals surface area (Å²) in [5, 5.41) is 12.8. The fraction of sp³-hybridized carbons (Fsp3) is 0.500. The van der Waals surface area contributed by atoms with E-state index in [0.29, 0.717) is 13.1 Å². The average Bonchev–Trinajstić information content (AvgIpc) is 2.16. The molecule has 0 aliphatic carbocycles. The number of piperazine rings is 1. The molecule has 0 saturated carbocycles. The van der Waals surface area contributed by atoms with Gasteiger partial charge in [-0.3, -0.25) is 0 Å². The summed E-state index contributed by atoms with van der Waals surface area (Å²) < 4.78 is 0. The second-order valence-electron chi connectivity index (χ2n) is 2.76. The van der Waals surface area contributed by atoms with Crippen LogP contribution in [-0.2, 0) is 14.4 Å². The van der Waals surface area contributed by atoms with Crippen LogP contribution in [0, 0.1) is 0 Å². The first-order valence-electron chi connectivity index (χ1n) is 4.27. The number of nitrogens with one attached hydrogen (secondary N) is 1. The molecular weight excluding hydrogens is 228 g/mol. The predicted molar refractivity (Wildman–Crippen MR) is 55.9 cm³/mol. The molecule has 0 aromatic heterocycles. The van der Waals surface area contributed by atoms with Crippen molar-refractivity contribution in [1.82, 2.24) is 10.4 Å². The van der Waals surface area contributed by atoms with Crippen molar-refractivity contribution >= 4 is 49.7 Å². The van der Waals surface area contributed by atoms with Gasteiger partial charge in [-0.05, 0) is 0 Å². The van der Waals surface area contributed by atoms with Crippen molar-refractivity contribution in [3.63, 3.8) is 0 Å². The molecular formula is C8H14CaN2O4. The van der Waals surface area contributed by atoms with Gasteiger partial charge in [-0.15, -0.1) is 5.06 Å². The minimum atomic E-state index is -1.16. The molecule has 82 valence electrons. The van der Waals surface area contributed by atoms with Gasteiger partial charge in [-0.25, -0.2) is 9.59 Å². The van der Waals surface area contributed by atoms with Crippen LogP contribution in [-0.4, -0.2) is 86.0 Å². The number of rotatable bonds is 3. The molecule has 1 aliphatic rings. The number of nitrogens with zero attached hydrogens (tertiary/aromatic N) is 1. The topological polar surface area (TPSA) is 78.9 Å². The van der Waals surface area contributed by atoms with Gasteiger partial charge in [0.25, 0.3) is 0 Å². The molecule has 0 aromatic rings. The van der Waals surface area contributed by atoms with Gasteiger partial charge in [-0.1, -0.05) is 0 Å². The summed E-state index contributed by atoms with van der Waals surface area (Å²) in [7, 11) is 0. The quantitative estimate of drug-likeness (QED) is 0.443. The third kappa shape index (κ3) is 6.86. The molecule has 0 radical (unpaired) electrons. The molecule has 0 unspecified atom stereocenters. The summed E-state index contributed by atoms with van der Waals surface area (Å²) in [6.07, 6.45) is 1.65. The van der Waals surface area contributed by atoms with Crippen LogP contribution in [0.4, 0.5) is 0 Å². The van der Waals surface area contributed by atoms with E-state index in [2.05, 4.69) is 5.32 Å². The van der Waals surface area contributed by atoms with Crippen molar-refractivity contribution in [2.24, 2.45) is 0 Å². The van der Waals surface area contributed by atoms with Gasteiger partial charge in [0.2, 0.25) is 0 Å². The van der Waals surface area contributed by atoms with Crippen LogP contribution in [0.2, 0.25) is 0 Å². The number of carbonyl (C=O) groups excluding carboxylic acids is 1. The van der Waals surface area contributed by atoms with Crippen LogP contribution >= 0.6 is 0 Å². The molecule has 0 aromatic carbocycles. The van der Waals surface area contributed by atoms with Crippen LogP contribution in [0.5, 0.6) is 0 Å². The summed E-state index contributed by atoms with van der Waals surface area (Å²) in [5.41, 5.74) is 0. The summed E-state index contributed by atoms with van der Waals surface area (Å²) in [6, 6.07) is 0. The third-order valence-electron chi connectivity index (χ3n) is 1.66. The van der Waals surface area contributed by atoms with E-state index in [0.717, 1.165) is 25.2 Å². The molecule has 0 bridgehead atoms. The second kappa shape index (κ2) is 8.06. The minimum absolute atomic E-state index is 0. The van der Waals surface area contributed by atoms with Crippen molar-refractivity contribution in [2.45, 2.75) is 0 Å². The summed E-state index contributed by atoms with van der Waals surface area (Å²) in [5.74, 6) is -1.82. The molecule has 0 atom stereocenters. The SMILES string of the molecule is O=C(O)/C=C\C(=O)ON1CCNCC1.[CaH2]. The van der Waals surface area contributed by atoms with Gasteiger partial charge >= 0.3 is 49.7 Å². The monoisotopic (exact) mass is 242 g/mol. The number of carbonyl (C=O) groups is 2. The maximum atomic E-state index is 11.0. The summed E-state index contributed by atoms with van der Waals surface area (Å²) in [6.45, 7) is 2.76. The Bertz CT molecular complexity index is 251. The van der Waals surface area contributed by atoms with Gasteiger partial charge < -0.3 is 15.3 Å². The molecule has 6 nitrogen and oxygen atoms in total. The van der Waals surface area contributed by atoms with Crippen molar-refractivity contribution < 1.29 is 19.5 Å². The van der Waals surface area contributed by atoms with E-state index in [1.54, 1.807) is 0 Å². The molecule has 1 fully saturated rings. The first-order chi connectivity index (χ1) is 6.68. The van der Waals surface area contributed by atoms with Gasteiger partial charge in [0.05, 0.1) is 0 Å². The Labute approximate surface area is 117 Å². The molecule has 2 N–H and O–H groups in total. The molecule has 0 spiro atoms. The molecule has 15 heavy (non-hydrogen) atoms. The molecule has 1 heterocycles. The van der Waals surface area contributed by atoms with Gasteiger partial charge in [0.1, 0.15) is 0 Å². The average molecular weight is 242 g/mol. The Morgan fingerprint density at radius 2 is 1.87 bits per heavy atom. The van der Waals surface area contributed by atoms with Gasteiger partial charge in [-0.2, -0.15) is 0 Å². The molecule has 0 amide bonds. The van der Waals surface area contributed by atoms with Crippen LogP contribution < -0.4 is 5.32 Å². The Balaban J connectivity index is 0.00000196. The first-order valence-corrected chi connectivity index (χ1v) is 4.27. The van der Waals surface area contributed by atoms with Crippen LogP contribution in [0.25, 0.3) is 0 Å². The molecule has 1 rings (SSSR count). The van der Waals surface area contributed by atoms with Crippen molar-refractivity contribution in [2.75, 3.05) is 26.2 Å². The summed E-state index contributed by atoms with van der Waals surface area (Å²) in [4.78, 5) is 25.9. The number of aliphatic carboxylic acids is 1. The van der Waals surface area contributed by atoms with Crippen LogP contribution in [0.3, 0.4) is 0 Å². The van der Waals surface area contributed by atoms with E-state index < -0.39 is 11.9 Å². The van der Waals surface area contributed by atoms with E-state index in [1.807, 2.05) is 0 Å². The van der Waals surface area contributed by atoms with E-state index >= 15 is 0 Å². The molecule has 1 aliphatic heterocycles. The Morgan fingerprint density at radius 3 is 2.40 bits per heavy atom. The second-order valence-corrected chi connectivity index (χ2v) is 2.76. The molecule has 7 heteroatoms. The zero-order valence-corrected chi connectivity index (χ0v) is 7.60. The van der Waals surface area contributed by atoms with Crippen LogP contribution in [0.15, 0.2) is 12.2 Å². The number of hydrogen-bond acceptors (Lipinski definition) is 5. The first kappa shape index (κ1) is 14.9. The van der Waals surface area contributed by atoms with E-state index in [-0.39, 0.29) is 37.7 Å². The van der Waals surface area contributed by atoms with Crippen molar-refractivity contribution in [3.8, 4) is 0 Å². The fourth-order valence-corrected chi connectivity index (χ4v) is 1.03. The van der Waals surface area contributed by atoms with Gasteiger partial charge in [0.15, 0.2) is 0 Å². The van der Waals surface area contributed by atoms with Crippen molar-refractivity contribution in [1.29, 1.82) is 0 Å². The van der Waals surface area contributed by atoms with E-state index in [4.69, 9.17) is 9.94 Å². The fourth-order valence-electron chi connectivity index (χ4n) is 1.03. The number of carboxylic acid groups (broad SMARTS) is 1. The number of hydroxylamine groups is 2. The zero-order valence-electron chi connectivity index (χ0n) is 7.60. The number of hydrogen-bond donors (Lipinski definition) is 2. The third-order valence-corrected chi connectivity index (χ3v) is 1.66. The Morgan fingerprint density at radius 1 is 1.27 bits per heavy atom. The predicted octanol–water partition coefficient (Wildman–Crippen LogP) is -1.93. The summed E-state index contributed by atoms with van der Waals surface area (Å²) >= 11 is 0. The van der Waals surface area contributed by atoms with Gasteiger partial charge in [0, 0.05) is 38.3 Å². The zero-order chi connectivity index (χ0) is 10.4. The van der Waals surface area contributed by atoms with E-state index in [9.17, 15) is 9.59 Å². The maximum absolute atomic E-state index is 11.0. The van der Waals surface area contributed by atoms with Crippen molar-refractivity contribution in [3.05, 3.63) is 12.2 Å².